The molecule has 0 radical (unpaired) electrons. The first kappa shape index (κ1) is 21.0. The van der Waals surface area contributed by atoms with E-state index in [1.54, 1.807) is 18.2 Å². The van der Waals surface area contributed by atoms with Crippen LogP contribution in [0.3, 0.4) is 0 Å². The molecule has 0 bridgehead atoms. The first-order chi connectivity index (χ1) is 14.7. The third-order valence-corrected chi connectivity index (χ3v) is 6.01. The van der Waals surface area contributed by atoms with Gasteiger partial charge >= 0.3 is 5.97 Å². The molecule has 5 heteroatoms. The van der Waals surface area contributed by atoms with Crippen LogP contribution >= 0.6 is 0 Å². The van der Waals surface area contributed by atoms with E-state index in [0.717, 1.165) is 16.8 Å². The van der Waals surface area contributed by atoms with E-state index in [1.807, 2.05) is 43.3 Å². The topological polar surface area (TPSA) is 76.0 Å². The number of ketones is 1. The van der Waals surface area contributed by atoms with Gasteiger partial charge in [0.2, 0.25) is 0 Å². The van der Waals surface area contributed by atoms with Crippen molar-refractivity contribution in [2.75, 3.05) is 0 Å². The molecule has 0 spiro atoms. The molecule has 4 rings (SSSR count). The quantitative estimate of drug-likeness (QED) is 0.714. The minimum Gasteiger partial charge on any atom is -0.508 e. The Kier molecular flexibility index (Phi) is 5.52. The Morgan fingerprint density at radius 3 is 2.58 bits per heavy atom. The molecule has 2 atom stereocenters. The van der Waals surface area contributed by atoms with Crippen molar-refractivity contribution in [2.45, 2.75) is 46.1 Å². The molecule has 5 nitrogen and oxygen atoms in total. The van der Waals surface area contributed by atoms with E-state index >= 15 is 0 Å². The Labute approximate surface area is 182 Å². The van der Waals surface area contributed by atoms with Crippen LogP contribution in [0.2, 0.25) is 0 Å². The summed E-state index contributed by atoms with van der Waals surface area (Å²) in [4.78, 5) is 31.2. The number of ether oxygens (including phenoxy) is 1. The van der Waals surface area contributed by atoms with Gasteiger partial charge in [-0.25, -0.2) is 0 Å². The average molecular weight is 418 g/mol. The van der Waals surface area contributed by atoms with Crippen LogP contribution in [-0.4, -0.2) is 22.6 Å². The maximum absolute atomic E-state index is 13.3. The normalized spacial score (nSPS) is 22.5. The van der Waals surface area contributed by atoms with E-state index in [-0.39, 0.29) is 23.6 Å². The van der Waals surface area contributed by atoms with Gasteiger partial charge < -0.3 is 9.84 Å². The minimum atomic E-state index is -0.713. The Hall–Kier alpha value is -3.21. The van der Waals surface area contributed by atoms with Crippen molar-refractivity contribution in [3.8, 4) is 5.75 Å². The van der Waals surface area contributed by atoms with Crippen LogP contribution in [0.5, 0.6) is 5.75 Å². The number of esters is 1. The van der Waals surface area contributed by atoms with Gasteiger partial charge in [-0.15, -0.1) is 0 Å². The molecule has 1 unspecified atom stereocenters. The molecule has 2 aromatic rings. The Balaban J connectivity index is 1.73. The first-order valence-electron chi connectivity index (χ1n) is 10.6. The van der Waals surface area contributed by atoms with Gasteiger partial charge in [-0.1, -0.05) is 56.3 Å². The van der Waals surface area contributed by atoms with Crippen molar-refractivity contribution in [3.05, 3.63) is 77.0 Å². The highest BCUT2D eigenvalue weighted by Gasteiger charge is 2.46. The lowest BCUT2D eigenvalue weighted by molar-refractivity contribution is -0.148. The molecule has 0 fully saturated rings. The summed E-state index contributed by atoms with van der Waals surface area (Å²) in [6.07, 6.45) is 1.08. The zero-order valence-corrected chi connectivity index (χ0v) is 18.1. The van der Waals surface area contributed by atoms with E-state index in [1.165, 1.54) is 0 Å². The van der Waals surface area contributed by atoms with Crippen LogP contribution in [0, 0.1) is 11.3 Å². The van der Waals surface area contributed by atoms with E-state index in [2.05, 4.69) is 13.8 Å². The van der Waals surface area contributed by atoms with Crippen LogP contribution in [-0.2, 0) is 20.9 Å². The summed E-state index contributed by atoms with van der Waals surface area (Å²) in [5, 5.41) is 10.1. The predicted octanol–water partition coefficient (Wildman–Crippen LogP) is 4.95. The van der Waals surface area contributed by atoms with Crippen molar-refractivity contribution < 1.29 is 19.4 Å². The van der Waals surface area contributed by atoms with Gasteiger partial charge in [0.15, 0.2) is 5.78 Å². The lowest BCUT2D eigenvalue weighted by Crippen LogP contribution is -2.39. The van der Waals surface area contributed by atoms with Crippen LogP contribution in [0.25, 0.3) is 0 Å². The fourth-order valence-electron chi connectivity index (χ4n) is 4.65. The smallest absolute Gasteiger partial charge is 0.315 e. The van der Waals surface area contributed by atoms with Gasteiger partial charge in [0, 0.05) is 29.3 Å². The average Bonchev–Trinajstić information content (AvgIpc) is 2.71. The molecular weight excluding hydrogens is 390 g/mol. The number of hydrogen-bond acceptors (Lipinski definition) is 5. The van der Waals surface area contributed by atoms with Gasteiger partial charge in [-0.2, -0.15) is 0 Å². The minimum absolute atomic E-state index is 0.0108. The fraction of sp³-hybridized carbons (Fsp3) is 0.346. The van der Waals surface area contributed by atoms with E-state index in [4.69, 9.17) is 9.73 Å². The first-order valence-corrected chi connectivity index (χ1v) is 10.6. The second kappa shape index (κ2) is 8.14. The molecule has 1 aliphatic heterocycles. The number of hydrogen-bond donors (Lipinski definition) is 1. The van der Waals surface area contributed by atoms with Crippen molar-refractivity contribution in [2.24, 2.45) is 16.3 Å². The summed E-state index contributed by atoms with van der Waals surface area (Å²) in [5.74, 6) is -1.54. The molecule has 0 saturated heterocycles. The highest BCUT2D eigenvalue weighted by molar-refractivity contribution is 6.09. The summed E-state index contributed by atoms with van der Waals surface area (Å²) in [6.45, 7) is 6.09. The molecule has 1 N–H and O–H groups in total. The maximum Gasteiger partial charge on any atom is 0.315 e. The van der Waals surface area contributed by atoms with E-state index < -0.39 is 17.8 Å². The number of phenols is 1. The second-order valence-electron chi connectivity index (χ2n) is 9.20. The standard InChI is InChI=1S/C26H27NO4/c1-16-22(25(30)31-15-17-8-5-4-6-9-17)23(18-10-7-11-19(28)12-18)24-20(27-16)13-26(2,3)14-21(24)29/h4-12,22-23,28H,13-15H2,1-3H3/t22?,23-/m1/s1. The summed E-state index contributed by atoms with van der Waals surface area (Å²) < 4.78 is 5.66. The molecule has 160 valence electrons. The summed E-state index contributed by atoms with van der Waals surface area (Å²) >= 11 is 0. The van der Waals surface area contributed by atoms with Gasteiger partial charge in [-0.05, 0) is 42.0 Å². The number of rotatable bonds is 4. The number of aromatic hydroxyl groups is 1. The maximum atomic E-state index is 13.3. The molecule has 0 saturated carbocycles. The lowest BCUT2D eigenvalue weighted by Gasteiger charge is -2.39. The van der Waals surface area contributed by atoms with Gasteiger partial charge in [0.25, 0.3) is 0 Å². The van der Waals surface area contributed by atoms with Gasteiger partial charge in [0.1, 0.15) is 18.3 Å². The van der Waals surface area contributed by atoms with Crippen LogP contribution in [0.1, 0.15) is 50.7 Å². The number of nitrogens with zero attached hydrogens (tertiary/aromatic N) is 1. The molecule has 0 aromatic heterocycles. The monoisotopic (exact) mass is 417 g/mol. The zero-order valence-electron chi connectivity index (χ0n) is 18.1. The number of aliphatic imine (C=N–C) groups is 1. The number of allylic oxidation sites excluding steroid dienone is 2. The second-order valence-corrected chi connectivity index (χ2v) is 9.20. The van der Waals surface area contributed by atoms with Crippen molar-refractivity contribution in [1.29, 1.82) is 0 Å². The Bertz CT molecular complexity index is 1080. The predicted molar refractivity (Wildman–Crippen MR) is 119 cm³/mol. The molecule has 2 aliphatic rings. The summed E-state index contributed by atoms with van der Waals surface area (Å²) in [7, 11) is 0. The van der Waals surface area contributed by atoms with Crippen molar-refractivity contribution >= 4 is 17.5 Å². The SMILES string of the molecule is CC1=NC2=C(C(=O)CC(C)(C)C2)[C@H](c2cccc(O)c2)C1C(=O)OCc1ccccc1. The van der Waals surface area contributed by atoms with Crippen molar-refractivity contribution in [1.82, 2.24) is 0 Å². The Morgan fingerprint density at radius 2 is 1.87 bits per heavy atom. The number of carbonyl (C=O) groups excluding carboxylic acids is 2. The molecule has 31 heavy (non-hydrogen) atoms. The number of benzene rings is 2. The molecule has 0 amide bonds. The van der Waals surface area contributed by atoms with Gasteiger partial charge in [0.05, 0.1) is 0 Å². The van der Waals surface area contributed by atoms with E-state index in [0.29, 0.717) is 24.1 Å². The van der Waals surface area contributed by atoms with Crippen molar-refractivity contribution in [3.63, 3.8) is 0 Å². The highest BCUT2D eigenvalue weighted by atomic mass is 16.5. The molecule has 2 aromatic carbocycles. The largest absolute Gasteiger partial charge is 0.508 e. The van der Waals surface area contributed by atoms with Gasteiger partial charge in [-0.3, -0.25) is 14.6 Å². The number of carbonyl (C=O) groups is 2. The summed E-state index contributed by atoms with van der Waals surface area (Å²) in [6, 6.07) is 16.3. The number of phenolic OH excluding ortho intramolecular Hbond substituents is 1. The van der Waals surface area contributed by atoms with Crippen LogP contribution < -0.4 is 0 Å². The fourth-order valence-corrected chi connectivity index (χ4v) is 4.65. The van der Waals surface area contributed by atoms with Crippen LogP contribution in [0.15, 0.2) is 70.9 Å². The van der Waals surface area contributed by atoms with E-state index in [9.17, 15) is 14.7 Å². The summed E-state index contributed by atoms with van der Waals surface area (Å²) in [5.41, 5.74) is 3.40. The molecular formula is C26H27NO4. The number of Topliss-reactive ketones (excluding diaryl/α,β-unsaturated/α-hetero) is 1. The lowest BCUT2D eigenvalue weighted by atomic mass is 9.67. The highest BCUT2D eigenvalue weighted by Crippen LogP contribution is 2.48. The third-order valence-electron chi connectivity index (χ3n) is 6.01. The zero-order chi connectivity index (χ0) is 22.2. The van der Waals surface area contributed by atoms with Crippen LogP contribution in [0.4, 0.5) is 0 Å². The third kappa shape index (κ3) is 4.31. The molecule has 1 aliphatic carbocycles. The molecule has 1 heterocycles. The Morgan fingerprint density at radius 1 is 1.13 bits per heavy atom.